The van der Waals surface area contributed by atoms with Crippen molar-refractivity contribution in [2.24, 2.45) is 5.92 Å². The molecule has 1 amide bonds. The van der Waals surface area contributed by atoms with Crippen molar-refractivity contribution in [1.82, 2.24) is 0 Å². The van der Waals surface area contributed by atoms with Crippen LogP contribution in [0.3, 0.4) is 0 Å². The summed E-state index contributed by atoms with van der Waals surface area (Å²) in [6.07, 6.45) is -0.649. The predicted molar refractivity (Wildman–Crippen MR) is 99.4 cm³/mol. The molecule has 0 aliphatic carbocycles. The molecular formula is C20H28N2O4. The fourth-order valence-electron chi connectivity index (χ4n) is 2.22. The van der Waals surface area contributed by atoms with E-state index in [0.717, 1.165) is 6.42 Å². The average molecular weight is 360 g/mol. The molecule has 0 aliphatic rings. The SMILES string of the molecule is CC(C)CCOC(C)C(=O)OC(C)C(=O)N(CCC#N)c1ccccc1. The number of esters is 1. The fraction of sp³-hybridized carbons (Fsp3) is 0.550. The van der Waals surface area contributed by atoms with Crippen molar-refractivity contribution in [2.45, 2.75) is 52.7 Å². The Bertz CT molecular complexity index is 610. The van der Waals surface area contributed by atoms with Gasteiger partial charge in [0.15, 0.2) is 12.2 Å². The Hall–Kier alpha value is -2.39. The first kappa shape index (κ1) is 21.7. The molecule has 6 heteroatoms. The molecule has 26 heavy (non-hydrogen) atoms. The lowest BCUT2D eigenvalue weighted by Crippen LogP contribution is -2.42. The molecule has 142 valence electrons. The van der Waals surface area contributed by atoms with Crippen LogP contribution in [0.4, 0.5) is 5.69 Å². The summed E-state index contributed by atoms with van der Waals surface area (Å²) in [4.78, 5) is 26.3. The number of carbonyl (C=O) groups excluding carboxylic acids is 2. The lowest BCUT2D eigenvalue weighted by atomic mass is 10.1. The summed E-state index contributed by atoms with van der Waals surface area (Å²) < 4.78 is 10.7. The van der Waals surface area contributed by atoms with Gasteiger partial charge in [-0.2, -0.15) is 5.26 Å². The molecule has 0 aliphatic heterocycles. The zero-order chi connectivity index (χ0) is 19.5. The highest BCUT2D eigenvalue weighted by molar-refractivity contribution is 5.97. The third-order valence-corrected chi connectivity index (χ3v) is 3.82. The van der Waals surface area contributed by atoms with Crippen LogP contribution in [0.25, 0.3) is 0 Å². The first-order valence-electron chi connectivity index (χ1n) is 8.92. The fourth-order valence-corrected chi connectivity index (χ4v) is 2.22. The molecular weight excluding hydrogens is 332 g/mol. The number of rotatable bonds is 10. The zero-order valence-electron chi connectivity index (χ0n) is 16.0. The predicted octanol–water partition coefficient (Wildman–Crippen LogP) is 3.32. The number of ether oxygens (including phenoxy) is 2. The third-order valence-electron chi connectivity index (χ3n) is 3.82. The Morgan fingerprint density at radius 2 is 1.77 bits per heavy atom. The Morgan fingerprint density at radius 3 is 2.35 bits per heavy atom. The van der Waals surface area contributed by atoms with Crippen LogP contribution in [0.5, 0.6) is 0 Å². The Kier molecular flexibility index (Phi) is 9.38. The molecule has 0 N–H and O–H groups in total. The largest absolute Gasteiger partial charge is 0.451 e. The van der Waals surface area contributed by atoms with Gasteiger partial charge in [0.2, 0.25) is 0 Å². The van der Waals surface area contributed by atoms with Gasteiger partial charge in [0.05, 0.1) is 12.5 Å². The Labute approximate surface area is 155 Å². The number of nitriles is 1. The quantitative estimate of drug-likeness (QED) is 0.598. The van der Waals surface area contributed by atoms with Crippen molar-refractivity contribution < 1.29 is 19.1 Å². The van der Waals surface area contributed by atoms with Gasteiger partial charge in [0.25, 0.3) is 5.91 Å². The minimum atomic E-state index is -0.961. The normalized spacial score (nSPS) is 12.9. The molecule has 0 saturated carbocycles. The van der Waals surface area contributed by atoms with Crippen molar-refractivity contribution in [3.8, 4) is 6.07 Å². The second-order valence-electron chi connectivity index (χ2n) is 6.51. The third kappa shape index (κ3) is 7.24. The monoisotopic (exact) mass is 360 g/mol. The molecule has 0 bridgehead atoms. The molecule has 0 fully saturated rings. The Morgan fingerprint density at radius 1 is 1.12 bits per heavy atom. The van der Waals surface area contributed by atoms with Crippen LogP contribution < -0.4 is 4.90 Å². The van der Waals surface area contributed by atoms with E-state index in [1.165, 1.54) is 11.8 Å². The number of hydrogen-bond acceptors (Lipinski definition) is 5. The van der Waals surface area contributed by atoms with Crippen molar-refractivity contribution in [1.29, 1.82) is 5.26 Å². The van der Waals surface area contributed by atoms with E-state index in [2.05, 4.69) is 13.8 Å². The van der Waals surface area contributed by atoms with E-state index >= 15 is 0 Å². The maximum atomic E-state index is 12.7. The smallest absolute Gasteiger partial charge is 0.335 e. The van der Waals surface area contributed by atoms with Gasteiger partial charge in [-0.05, 0) is 38.3 Å². The van der Waals surface area contributed by atoms with E-state index in [4.69, 9.17) is 14.7 Å². The van der Waals surface area contributed by atoms with Crippen LogP contribution in [0.2, 0.25) is 0 Å². The lowest BCUT2D eigenvalue weighted by Gasteiger charge is -2.25. The van der Waals surface area contributed by atoms with E-state index in [1.54, 1.807) is 19.1 Å². The summed E-state index contributed by atoms with van der Waals surface area (Å²) in [5.74, 6) is -0.449. The molecule has 6 nitrogen and oxygen atoms in total. The minimum absolute atomic E-state index is 0.190. The molecule has 0 saturated heterocycles. The van der Waals surface area contributed by atoms with E-state index in [-0.39, 0.29) is 18.9 Å². The van der Waals surface area contributed by atoms with Crippen LogP contribution in [0, 0.1) is 17.2 Å². The number of anilines is 1. The zero-order valence-corrected chi connectivity index (χ0v) is 16.0. The molecule has 0 spiro atoms. The van der Waals surface area contributed by atoms with Gasteiger partial charge in [-0.25, -0.2) is 4.79 Å². The number of para-hydroxylation sites is 1. The Balaban J connectivity index is 2.67. The van der Waals surface area contributed by atoms with E-state index in [9.17, 15) is 9.59 Å². The summed E-state index contributed by atoms with van der Waals surface area (Å²) >= 11 is 0. The van der Waals surface area contributed by atoms with E-state index in [1.807, 2.05) is 24.3 Å². The highest BCUT2D eigenvalue weighted by Crippen LogP contribution is 2.16. The molecule has 1 rings (SSSR count). The first-order chi connectivity index (χ1) is 12.4. The molecule has 2 atom stereocenters. The first-order valence-corrected chi connectivity index (χ1v) is 8.92. The topological polar surface area (TPSA) is 79.6 Å². The minimum Gasteiger partial charge on any atom is -0.451 e. The highest BCUT2D eigenvalue weighted by atomic mass is 16.6. The highest BCUT2D eigenvalue weighted by Gasteiger charge is 2.27. The number of benzene rings is 1. The molecule has 1 aromatic rings. The summed E-state index contributed by atoms with van der Waals surface area (Å²) in [6.45, 7) is 8.00. The molecule has 2 unspecified atom stereocenters. The number of hydrogen-bond donors (Lipinski definition) is 0. The van der Waals surface area contributed by atoms with Gasteiger partial charge < -0.3 is 14.4 Å². The molecule has 0 aromatic heterocycles. The standard InChI is InChI=1S/C20H28N2O4/c1-15(2)11-14-25-17(4)20(24)26-16(3)19(23)22(13-8-12-21)18-9-6-5-7-10-18/h5-7,9-10,15-17H,8,11,13-14H2,1-4H3. The maximum Gasteiger partial charge on any atom is 0.335 e. The van der Waals surface area contributed by atoms with Gasteiger partial charge in [-0.3, -0.25) is 4.79 Å². The van der Waals surface area contributed by atoms with Gasteiger partial charge in [0.1, 0.15) is 0 Å². The van der Waals surface area contributed by atoms with Gasteiger partial charge in [0, 0.05) is 18.8 Å². The molecule has 0 radical (unpaired) electrons. The van der Waals surface area contributed by atoms with Crippen LogP contribution >= 0.6 is 0 Å². The van der Waals surface area contributed by atoms with Crippen molar-refractivity contribution in [2.75, 3.05) is 18.1 Å². The van der Waals surface area contributed by atoms with Crippen LogP contribution in [0.15, 0.2) is 30.3 Å². The van der Waals surface area contributed by atoms with Gasteiger partial charge in [-0.1, -0.05) is 32.0 Å². The summed E-state index contributed by atoms with van der Waals surface area (Å²) in [6, 6.07) is 11.1. The summed E-state index contributed by atoms with van der Waals surface area (Å²) in [5, 5.41) is 8.83. The van der Waals surface area contributed by atoms with E-state index < -0.39 is 18.2 Å². The summed E-state index contributed by atoms with van der Waals surface area (Å²) in [5.41, 5.74) is 0.664. The summed E-state index contributed by atoms with van der Waals surface area (Å²) in [7, 11) is 0. The molecule has 1 aromatic carbocycles. The van der Waals surface area contributed by atoms with Crippen LogP contribution in [-0.2, 0) is 19.1 Å². The van der Waals surface area contributed by atoms with Crippen molar-refractivity contribution in [3.63, 3.8) is 0 Å². The van der Waals surface area contributed by atoms with Crippen molar-refractivity contribution >= 4 is 17.6 Å². The van der Waals surface area contributed by atoms with Crippen LogP contribution in [-0.4, -0.2) is 37.2 Å². The average Bonchev–Trinajstić information content (AvgIpc) is 2.62. The second-order valence-corrected chi connectivity index (χ2v) is 6.51. The number of nitrogens with zero attached hydrogens (tertiary/aromatic N) is 2. The lowest BCUT2D eigenvalue weighted by molar-refractivity contribution is -0.164. The second kappa shape index (κ2) is 11.3. The number of carbonyl (C=O) groups is 2. The maximum absolute atomic E-state index is 12.7. The van der Waals surface area contributed by atoms with E-state index in [0.29, 0.717) is 18.2 Å². The van der Waals surface area contributed by atoms with Crippen molar-refractivity contribution in [3.05, 3.63) is 30.3 Å². The van der Waals surface area contributed by atoms with Gasteiger partial charge in [-0.15, -0.1) is 0 Å². The molecule has 0 heterocycles. The van der Waals surface area contributed by atoms with Crippen LogP contribution in [0.1, 0.15) is 40.5 Å². The number of amides is 1. The van der Waals surface area contributed by atoms with Gasteiger partial charge >= 0.3 is 5.97 Å².